The molecule has 1 heterocycles. The molecule has 7 nitrogen and oxygen atoms in total. The van der Waals surface area contributed by atoms with Crippen molar-refractivity contribution in [3.05, 3.63) is 52.8 Å². The number of halogens is 1. The fourth-order valence-corrected chi connectivity index (χ4v) is 2.43. The number of hydrogen-bond donors (Lipinski definition) is 2. The number of hydrogen-bond acceptors (Lipinski definition) is 7. The Morgan fingerprint density at radius 1 is 0.963 bits per heavy atom. The molecule has 27 heavy (non-hydrogen) atoms. The summed E-state index contributed by atoms with van der Waals surface area (Å²) in [5.74, 6) is -0.795. The molecule has 0 radical (unpaired) electrons. The average molecular weight is 394 g/mol. The quantitative estimate of drug-likeness (QED) is 0.544. The lowest BCUT2D eigenvalue weighted by Gasteiger charge is -2.15. The van der Waals surface area contributed by atoms with Crippen LogP contribution in [0.3, 0.4) is 0 Å². The molecule has 0 fully saturated rings. The van der Waals surface area contributed by atoms with E-state index in [1.54, 1.807) is 51.1 Å². The molecule has 0 aliphatic rings. The molecule has 0 spiro atoms. The minimum atomic E-state index is -0.431. The van der Waals surface area contributed by atoms with Gasteiger partial charge < -0.3 is 14.9 Å². The van der Waals surface area contributed by atoms with Crippen LogP contribution in [0.25, 0.3) is 0 Å². The number of anilines is 2. The van der Waals surface area contributed by atoms with Crippen molar-refractivity contribution in [1.29, 1.82) is 0 Å². The van der Waals surface area contributed by atoms with E-state index in [1.165, 1.54) is 0 Å². The normalized spacial score (nSPS) is 9.78. The SMILES string of the molecule is CCOC(=O)c1ccc(NNc2cc(C)nc(C)c2C(=O)OCC)cc1.Cl. The first-order chi connectivity index (χ1) is 12.5. The third-order valence-corrected chi connectivity index (χ3v) is 3.55. The van der Waals surface area contributed by atoms with Crippen LogP contribution < -0.4 is 10.9 Å². The van der Waals surface area contributed by atoms with Gasteiger partial charge in [0.2, 0.25) is 0 Å². The van der Waals surface area contributed by atoms with E-state index in [1.807, 2.05) is 6.92 Å². The monoisotopic (exact) mass is 393 g/mol. The fourth-order valence-electron chi connectivity index (χ4n) is 2.43. The predicted octanol–water partition coefficient (Wildman–Crippen LogP) is 3.91. The number of esters is 2. The van der Waals surface area contributed by atoms with Gasteiger partial charge in [-0.1, -0.05) is 0 Å². The van der Waals surface area contributed by atoms with Crippen molar-refractivity contribution in [2.45, 2.75) is 27.7 Å². The summed E-state index contributed by atoms with van der Waals surface area (Å²) < 4.78 is 10.1. The number of aromatic nitrogens is 1. The Bertz CT molecular complexity index is 794. The van der Waals surface area contributed by atoms with Crippen LogP contribution in [0.4, 0.5) is 11.4 Å². The zero-order valence-electron chi connectivity index (χ0n) is 15.8. The molecule has 2 N–H and O–H groups in total. The van der Waals surface area contributed by atoms with E-state index < -0.39 is 5.97 Å². The van der Waals surface area contributed by atoms with Crippen LogP contribution in [-0.4, -0.2) is 30.1 Å². The summed E-state index contributed by atoms with van der Waals surface area (Å²) in [7, 11) is 0. The Morgan fingerprint density at radius 2 is 1.56 bits per heavy atom. The van der Waals surface area contributed by atoms with Crippen LogP contribution in [0, 0.1) is 13.8 Å². The fraction of sp³-hybridized carbons (Fsp3) is 0.316. The van der Waals surface area contributed by atoms with Crippen molar-refractivity contribution >= 4 is 35.7 Å². The first-order valence-electron chi connectivity index (χ1n) is 8.40. The topological polar surface area (TPSA) is 89.5 Å². The van der Waals surface area contributed by atoms with Gasteiger partial charge in [-0.15, -0.1) is 12.4 Å². The highest BCUT2D eigenvalue weighted by Gasteiger charge is 2.17. The second-order valence-electron chi connectivity index (χ2n) is 5.54. The van der Waals surface area contributed by atoms with Gasteiger partial charge in [0, 0.05) is 5.69 Å². The van der Waals surface area contributed by atoms with Gasteiger partial charge >= 0.3 is 11.9 Å². The Hall–Kier alpha value is -2.80. The molecule has 0 saturated carbocycles. The summed E-state index contributed by atoms with van der Waals surface area (Å²) in [6, 6.07) is 8.57. The van der Waals surface area contributed by atoms with Crippen LogP contribution in [-0.2, 0) is 9.47 Å². The molecule has 0 bridgehead atoms. The number of ether oxygens (including phenoxy) is 2. The average Bonchev–Trinajstić information content (AvgIpc) is 2.60. The van der Waals surface area contributed by atoms with Crippen molar-refractivity contribution in [1.82, 2.24) is 4.98 Å². The molecule has 0 aliphatic carbocycles. The van der Waals surface area contributed by atoms with Crippen molar-refractivity contribution in [2.24, 2.45) is 0 Å². The second-order valence-corrected chi connectivity index (χ2v) is 5.54. The molecule has 8 heteroatoms. The number of pyridine rings is 1. The van der Waals surface area contributed by atoms with Gasteiger partial charge in [-0.25, -0.2) is 9.59 Å². The molecule has 0 aliphatic heterocycles. The van der Waals surface area contributed by atoms with E-state index in [2.05, 4.69) is 15.8 Å². The molecule has 146 valence electrons. The summed E-state index contributed by atoms with van der Waals surface area (Å²) in [5, 5.41) is 0. The lowest BCUT2D eigenvalue weighted by molar-refractivity contribution is 0.0516. The Morgan fingerprint density at radius 3 is 2.15 bits per heavy atom. The summed E-state index contributed by atoms with van der Waals surface area (Å²) in [6.45, 7) is 7.74. The first kappa shape index (κ1) is 22.2. The molecule has 2 rings (SSSR count). The maximum Gasteiger partial charge on any atom is 0.342 e. The minimum Gasteiger partial charge on any atom is -0.462 e. The van der Waals surface area contributed by atoms with Crippen LogP contribution in [0.1, 0.15) is 46.0 Å². The summed E-state index contributed by atoms with van der Waals surface area (Å²) in [5.41, 5.74) is 9.54. The minimum absolute atomic E-state index is 0. The van der Waals surface area contributed by atoms with Gasteiger partial charge in [0.1, 0.15) is 5.56 Å². The molecular formula is C19H24ClN3O4. The maximum atomic E-state index is 12.2. The highest BCUT2D eigenvalue weighted by molar-refractivity contribution is 5.97. The number of hydrazine groups is 1. The van der Waals surface area contributed by atoms with E-state index in [0.717, 1.165) is 11.4 Å². The van der Waals surface area contributed by atoms with E-state index >= 15 is 0 Å². The first-order valence-corrected chi connectivity index (χ1v) is 8.40. The Labute approximate surface area is 164 Å². The summed E-state index contributed by atoms with van der Waals surface area (Å²) in [4.78, 5) is 28.2. The zero-order chi connectivity index (χ0) is 19.1. The van der Waals surface area contributed by atoms with Gasteiger partial charge in [-0.3, -0.25) is 10.4 Å². The third-order valence-electron chi connectivity index (χ3n) is 3.55. The molecule has 0 atom stereocenters. The lowest BCUT2D eigenvalue weighted by atomic mass is 10.1. The summed E-state index contributed by atoms with van der Waals surface area (Å²) >= 11 is 0. The van der Waals surface area contributed by atoms with Crippen molar-refractivity contribution in [3.8, 4) is 0 Å². The van der Waals surface area contributed by atoms with Gasteiger partial charge in [-0.2, -0.15) is 0 Å². The molecule has 0 saturated heterocycles. The van der Waals surface area contributed by atoms with Crippen molar-refractivity contribution in [2.75, 3.05) is 24.1 Å². The second kappa shape index (κ2) is 10.4. The molecular weight excluding hydrogens is 370 g/mol. The standard InChI is InChI=1S/C19H23N3O4.ClH/c1-5-25-18(23)14-7-9-15(10-8-14)21-22-16-11-12(3)20-13(4)17(16)19(24)26-6-2;/h7-11,21H,5-6H2,1-4H3,(H,20,22);1H. The smallest absolute Gasteiger partial charge is 0.342 e. The zero-order valence-corrected chi connectivity index (χ0v) is 16.6. The van der Waals surface area contributed by atoms with E-state index in [-0.39, 0.29) is 25.0 Å². The highest BCUT2D eigenvalue weighted by Crippen LogP contribution is 2.21. The van der Waals surface area contributed by atoms with E-state index in [4.69, 9.17) is 9.47 Å². The van der Waals surface area contributed by atoms with Gasteiger partial charge in [-0.05, 0) is 58.0 Å². The molecule has 1 aromatic heterocycles. The van der Waals surface area contributed by atoms with Crippen LogP contribution >= 0.6 is 12.4 Å². The number of aryl methyl sites for hydroxylation is 2. The Kier molecular flexibility index (Phi) is 8.55. The number of carbonyl (C=O) groups is 2. The summed E-state index contributed by atoms with van der Waals surface area (Å²) in [6.07, 6.45) is 0. The highest BCUT2D eigenvalue weighted by atomic mass is 35.5. The molecule has 1 aromatic carbocycles. The van der Waals surface area contributed by atoms with E-state index in [9.17, 15) is 9.59 Å². The van der Waals surface area contributed by atoms with Gasteiger partial charge in [0.15, 0.2) is 0 Å². The molecule has 0 amide bonds. The predicted molar refractivity (Wildman–Crippen MR) is 107 cm³/mol. The lowest BCUT2D eigenvalue weighted by Crippen LogP contribution is -2.17. The maximum absolute atomic E-state index is 12.2. The van der Waals surface area contributed by atoms with E-state index in [0.29, 0.717) is 29.1 Å². The molecule has 2 aromatic rings. The van der Waals surface area contributed by atoms with Crippen LogP contribution in [0.15, 0.2) is 30.3 Å². The number of nitrogens with one attached hydrogen (secondary N) is 2. The number of benzene rings is 1. The third kappa shape index (κ3) is 5.86. The van der Waals surface area contributed by atoms with Gasteiger partial charge in [0.25, 0.3) is 0 Å². The van der Waals surface area contributed by atoms with Crippen molar-refractivity contribution in [3.63, 3.8) is 0 Å². The number of nitrogens with zero attached hydrogens (tertiary/aromatic N) is 1. The van der Waals surface area contributed by atoms with Crippen LogP contribution in [0.2, 0.25) is 0 Å². The number of rotatable bonds is 7. The van der Waals surface area contributed by atoms with Crippen molar-refractivity contribution < 1.29 is 19.1 Å². The molecule has 0 unspecified atom stereocenters. The largest absolute Gasteiger partial charge is 0.462 e. The number of carbonyl (C=O) groups excluding carboxylic acids is 2. The van der Waals surface area contributed by atoms with Gasteiger partial charge in [0.05, 0.1) is 35.8 Å². The van der Waals surface area contributed by atoms with Crippen LogP contribution in [0.5, 0.6) is 0 Å². The Balaban J connectivity index is 0.00000364.